The third-order valence-corrected chi connectivity index (χ3v) is 6.01. The van der Waals surface area contributed by atoms with Crippen molar-refractivity contribution in [3.05, 3.63) is 22.2 Å². The number of hydrogen-bond acceptors (Lipinski definition) is 5. The van der Waals surface area contributed by atoms with Gasteiger partial charge in [-0.3, -0.25) is 0 Å². The molecule has 21 heavy (non-hydrogen) atoms. The van der Waals surface area contributed by atoms with Gasteiger partial charge in [0.15, 0.2) is 0 Å². The van der Waals surface area contributed by atoms with E-state index in [1.54, 1.807) is 6.92 Å². The Balaban J connectivity index is 2.89. The van der Waals surface area contributed by atoms with Crippen LogP contribution in [0.15, 0.2) is 17.0 Å². The highest BCUT2D eigenvalue weighted by molar-refractivity contribution is 7.90. The maximum Gasteiger partial charge on any atom is 0.244 e. The van der Waals surface area contributed by atoms with Gasteiger partial charge in [0.05, 0.1) is 16.5 Å². The van der Waals surface area contributed by atoms with Gasteiger partial charge in [-0.05, 0) is 12.1 Å². The molecule has 1 rings (SSSR count). The van der Waals surface area contributed by atoms with E-state index >= 15 is 0 Å². The Morgan fingerprint density at radius 1 is 1.14 bits per heavy atom. The quantitative estimate of drug-likeness (QED) is 0.608. The Morgan fingerprint density at radius 3 is 2.29 bits per heavy atom. The molecule has 1 aromatic carbocycles. The van der Waals surface area contributed by atoms with Crippen LogP contribution < -0.4 is 15.2 Å². The van der Waals surface area contributed by atoms with Gasteiger partial charge in [-0.15, -0.1) is 0 Å². The normalized spacial score (nSPS) is 12.5. The molecule has 0 aliphatic heterocycles. The summed E-state index contributed by atoms with van der Waals surface area (Å²) in [4.78, 5) is -0.325. The van der Waals surface area contributed by atoms with Crippen molar-refractivity contribution >= 4 is 48.9 Å². The third kappa shape index (κ3) is 5.28. The number of rotatable bonds is 7. The second kappa shape index (κ2) is 7.12. The molecule has 7 nitrogen and oxygen atoms in total. The van der Waals surface area contributed by atoms with Crippen molar-refractivity contribution in [2.75, 3.05) is 24.6 Å². The minimum absolute atomic E-state index is 0.116. The molecule has 0 radical (unpaired) electrons. The summed E-state index contributed by atoms with van der Waals surface area (Å²) in [6.45, 7) is 1.54. The molecule has 11 heteroatoms. The van der Waals surface area contributed by atoms with Crippen LogP contribution in [0.3, 0.4) is 0 Å². The molecular formula is C10H15Cl2N3O4S2. The molecule has 0 heterocycles. The van der Waals surface area contributed by atoms with Gasteiger partial charge in [-0.25, -0.2) is 26.3 Å². The van der Waals surface area contributed by atoms with Crippen LogP contribution in [-0.2, 0) is 20.0 Å². The molecule has 0 aliphatic rings. The van der Waals surface area contributed by atoms with E-state index in [9.17, 15) is 16.8 Å². The summed E-state index contributed by atoms with van der Waals surface area (Å²) in [6, 6.07) is 2.49. The molecule has 4 N–H and O–H groups in total. The second-order valence-electron chi connectivity index (χ2n) is 4.02. The molecular weight excluding hydrogens is 361 g/mol. The van der Waals surface area contributed by atoms with E-state index in [4.69, 9.17) is 28.9 Å². The molecule has 0 amide bonds. The maximum absolute atomic E-state index is 12.1. The predicted molar refractivity (Wildman–Crippen MR) is 83.5 cm³/mol. The van der Waals surface area contributed by atoms with Crippen LogP contribution >= 0.6 is 23.2 Å². The SMILES string of the molecule is CCNS(=O)(=O)CCNS(=O)(=O)c1c(N)cc(Cl)cc1Cl. The van der Waals surface area contributed by atoms with Crippen molar-refractivity contribution in [3.8, 4) is 0 Å². The smallest absolute Gasteiger partial charge is 0.244 e. The van der Waals surface area contributed by atoms with Crippen LogP contribution in [0.2, 0.25) is 10.0 Å². The third-order valence-electron chi connectivity index (χ3n) is 2.33. The molecule has 0 fully saturated rings. The van der Waals surface area contributed by atoms with Crippen molar-refractivity contribution in [1.82, 2.24) is 9.44 Å². The van der Waals surface area contributed by atoms with E-state index < -0.39 is 25.8 Å². The van der Waals surface area contributed by atoms with Crippen molar-refractivity contribution in [1.29, 1.82) is 0 Å². The van der Waals surface area contributed by atoms with Crippen molar-refractivity contribution in [2.24, 2.45) is 0 Å². The van der Waals surface area contributed by atoms with Gasteiger partial charge in [-0.1, -0.05) is 30.1 Å². The van der Waals surface area contributed by atoms with Gasteiger partial charge in [0.2, 0.25) is 20.0 Å². The zero-order chi connectivity index (χ0) is 16.3. The first-order chi connectivity index (χ1) is 9.59. The lowest BCUT2D eigenvalue weighted by Gasteiger charge is -2.11. The number of hydrogen-bond donors (Lipinski definition) is 3. The molecule has 0 unspecified atom stereocenters. The lowest BCUT2D eigenvalue weighted by atomic mass is 10.3. The van der Waals surface area contributed by atoms with Gasteiger partial charge in [-0.2, -0.15) is 0 Å². The Bertz CT molecular complexity index is 697. The van der Waals surface area contributed by atoms with Crippen LogP contribution in [0, 0.1) is 0 Å². The van der Waals surface area contributed by atoms with Gasteiger partial charge in [0.1, 0.15) is 4.90 Å². The molecule has 0 atom stereocenters. The highest BCUT2D eigenvalue weighted by Crippen LogP contribution is 2.30. The predicted octanol–water partition coefficient (Wildman–Crippen LogP) is 0.793. The Morgan fingerprint density at radius 2 is 1.76 bits per heavy atom. The Kier molecular flexibility index (Phi) is 6.26. The average molecular weight is 376 g/mol. The molecule has 0 aliphatic carbocycles. The lowest BCUT2D eigenvalue weighted by Crippen LogP contribution is -2.34. The number of sulfonamides is 2. The van der Waals surface area contributed by atoms with Crippen LogP contribution in [0.1, 0.15) is 6.92 Å². The molecule has 0 bridgehead atoms. The van der Waals surface area contributed by atoms with Gasteiger partial charge in [0, 0.05) is 18.1 Å². The van der Waals surface area contributed by atoms with E-state index in [1.165, 1.54) is 12.1 Å². The summed E-state index contributed by atoms with van der Waals surface area (Å²) in [7, 11) is -7.56. The van der Waals surface area contributed by atoms with E-state index in [0.29, 0.717) is 0 Å². The first-order valence-corrected chi connectivity index (χ1v) is 9.69. The molecule has 0 saturated heterocycles. The summed E-state index contributed by atoms with van der Waals surface area (Å²) in [5, 5.41) is 0.0632. The largest absolute Gasteiger partial charge is 0.398 e. The Hall–Kier alpha value is -0.580. The highest BCUT2D eigenvalue weighted by atomic mass is 35.5. The second-order valence-corrected chi connectivity index (χ2v) is 8.49. The van der Waals surface area contributed by atoms with Gasteiger partial charge in [0.25, 0.3) is 0 Å². The standard InChI is InChI=1S/C10H15Cl2N3O4S2/c1-2-14-20(16,17)4-3-15-21(18,19)10-8(12)5-7(11)6-9(10)13/h5-6,14-15H,2-4,13H2,1H3. The molecule has 1 aromatic rings. The zero-order valence-electron chi connectivity index (χ0n) is 11.1. The van der Waals surface area contributed by atoms with E-state index in [2.05, 4.69) is 9.44 Å². The fourth-order valence-electron chi connectivity index (χ4n) is 1.54. The van der Waals surface area contributed by atoms with E-state index in [0.717, 1.165) is 0 Å². The molecule has 0 saturated carbocycles. The van der Waals surface area contributed by atoms with Gasteiger partial charge < -0.3 is 5.73 Å². The number of anilines is 1. The van der Waals surface area contributed by atoms with E-state index in [-0.39, 0.29) is 33.7 Å². The molecule has 0 aromatic heterocycles. The Labute approximate surface area is 133 Å². The topological polar surface area (TPSA) is 118 Å². The van der Waals surface area contributed by atoms with Crippen LogP contribution in [0.5, 0.6) is 0 Å². The number of halogens is 2. The number of nitrogens with two attached hydrogens (primary N) is 1. The van der Waals surface area contributed by atoms with Crippen LogP contribution in [-0.4, -0.2) is 35.7 Å². The summed E-state index contributed by atoms with van der Waals surface area (Å²) in [6.07, 6.45) is 0. The monoisotopic (exact) mass is 375 g/mol. The summed E-state index contributed by atoms with van der Waals surface area (Å²) in [5.41, 5.74) is 5.48. The fraction of sp³-hybridized carbons (Fsp3) is 0.400. The summed E-state index contributed by atoms with van der Waals surface area (Å²) >= 11 is 11.5. The average Bonchev–Trinajstić information content (AvgIpc) is 2.25. The number of benzene rings is 1. The first kappa shape index (κ1) is 18.5. The minimum atomic E-state index is -4.03. The van der Waals surface area contributed by atoms with Crippen molar-refractivity contribution < 1.29 is 16.8 Å². The van der Waals surface area contributed by atoms with Crippen LogP contribution in [0.25, 0.3) is 0 Å². The lowest BCUT2D eigenvalue weighted by molar-refractivity contribution is 0.577. The number of nitrogen functional groups attached to an aromatic ring is 1. The summed E-state index contributed by atoms with van der Waals surface area (Å²) < 4.78 is 51.4. The summed E-state index contributed by atoms with van der Waals surface area (Å²) in [5.74, 6) is -0.398. The molecule has 120 valence electrons. The zero-order valence-corrected chi connectivity index (χ0v) is 14.2. The van der Waals surface area contributed by atoms with Gasteiger partial charge >= 0.3 is 0 Å². The van der Waals surface area contributed by atoms with Crippen molar-refractivity contribution in [3.63, 3.8) is 0 Å². The fourth-order valence-corrected chi connectivity index (χ4v) is 4.64. The minimum Gasteiger partial charge on any atom is -0.398 e. The maximum atomic E-state index is 12.1. The van der Waals surface area contributed by atoms with Crippen molar-refractivity contribution in [2.45, 2.75) is 11.8 Å². The molecule has 0 spiro atoms. The highest BCUT2D eigenvalue weighted by Gasteiger charge is 2.22. The first-order valence-electron chi connectivity index (χ1n) is 5.80. The van der Waals surface area contributed by atoms with E-state index in [1.807, 2.05) is 0 Å². The number of nitrogens with one attached hydrogen (secondary N) is 2. The van der Waals surface area contributed by atoms with Crippen LogP contribution in [0.4, 0.5) is 5.69 Å².